The average Bonchev–Trinajstić information content (AvgIpc) is 2.70. The second kappa shape index (κ2) is 16.2. The molecule has 14 nitrogen and oxygen atoms in total. The van der Waals surface area contributed by atoms with Crippen LogP contribution in [-0.2, 0) is 28.7 Å². The van der Waals surface area contributed by atoms with Crippen molar-refractivity contribution in [3.05, 3.63) is 0 Å². The first-order valence-electron chi connectivity index (χ1n) is 10.3. The third-order valence-electron chi connectivity index (χ3n) is 4.06. The fourth-order valence-corrected chi connectivity index (χ4v) is 2.38. The van der Waals surface area contributed by atoms with Gasteiger partial charge in [0.15, 0.2) is 0 Å². The lowest BCUT2D eigenvalue weighted by atomic mass is 10.1. The van der Waals surface area contributed by atoms with Gasteiger partial charge in [0.2, 0.25) is 11.8 Å². The molecule has 0 aliphatic rings. The first-order valence-corrected chi connectivity index (χ1v) is 10.3. The summed E-state index contributed by atoms with van der Waals surface area (Å²) in [6.45, 7) is 4.26. The second-order valence-electron chi connectivity index (χ2n) is 7.24. The minimum absolute atomic E-state index is 0.0165. The Labute approximate surface area is 190 Å². The molecular formula is C19H32N4O10. The van der Waals surface area contributed by atoms with Crippen LogP contribution in [0.1, 0.15) is 46.0 Å². The fraction of sp³-hybridized carbons (Fsp3) is 0.684. The molecule has 33 heavy (non-hydrogen) atoms. The van der Waals surface area contributed by atoms with Gasteiger partial charge in [0.05, 0.1) is 12.7 Å². The van der Waals surface area contributed by atoms with Crippen LogP contribution in [0.15, 0.2) is 0 Å². The minimum atomic E-state index is -1.52. The molecule has 0 aromatic heterocycles. The number of aliphatic carboxylic acids is 3. The molecule has 0 aliphatic heterocycles. The molecular weight excluding hydrogens is 444 g/mol. The Morgan fingerprint density at radius 2 is 1.18 bits per heavy atom. The molecule has 0 fully saturated rings. The number of amides is 4. The number of ether oxygens (including phenoxy) is 1. The molecule has 188 valence electrons. The average molecular weight is 476 g/mol. The van der Waals surface area contributed by atoms with Gasteiger partial charge < -0.3 is 41.3 Å². The Kier molecular flexibility index (Phi) is 14.6. The maximum absolute atomic E-state index is 11.9. The normalized spacial score (nSPS) is 12.3. The number of hydrogen-bond acceptors (Lipinski definition) is 7. The Morgan fingerprint density at radius 1 is 0.727 bits per heavy atom. The van der Waals surface area contributed by atoms with Crippen LogP contribution in [-0.4, -0.2) is 89.0 Å². The Balaban J connectivity index is 4.32. The van der Waals surface area contributed by atoms with Gasteiger partial charge in [-0.05, 0) is 26.7 Å². The Morgan fingerprint density at radius 3 is 1.61 bits per heavy atom. The van der Waals surface area contributed by atoms with Crippen LogP contribution in [0, 0.1) is 0 Å². The number of carbonyl (C=O) groups excluding carboxylic acids is 3. The zero-order valence-electron chi connectivity index (χ0n) is 18.6. The molecule has 2 atom stereocenters. The Bertz CT molecular complexity index is 698. The molecule has 14 heteroatoms. The molecule has 0 unspecified atom stereocenters. The number of carboxylic acids is 3. The van der Waals surface area contributed by atoms with E-state index in [-0.39, 0.29) is 57.4 Å². The quantitative estimate of drug-likeness (QED) is 0.125. The number of carboxylic acid groups (broad SMARTS) is 3. The van der Waals surface area contributed by atoms with Crippen molar-refractivity contribution in [3.63, 3.8) is 0 Å². The SMILES string of the molecule is CC(C)OCCC(=O)NCCNC(=O)CC[C@H](NC(=O)N[C@@H](CCC(=O)O)C(=O)O)C(=O)O. The summed E-state index contributed by atoms with van der Waals surface area (Å²) in [5.74, 6) is -4.92. The summed E-state index contributed by atoms with van der Waals surface area (Å²) in [4.78, 5) is 68.3. The summed E-state index contributed by atoms with van der Waals surface area (Å²) in [5, 5.41) is 36.0. The highest BCUT2D eigenvalue weighted by Crippen LogP contribution is 2.01. The van der Waals surface area contributed by atoms with Gasteiger partial charge in [0.1, 0.15) is 12.1 Å². The Hall–Kier alpha value is -3.42. The molecule has 0 saturated heterocycles. The van der Waals surface area contributed by atoms with Crippen LogP contribution in [0.3, 0.4) is 0 Å². The van der Waals surface area contributed by atoms with Crippen molar-refractivity contribution >= 4 is 35.8 Å². The van der Waals surface area contributed by atoms with E-state index in [4.69, 9.17) is 14.9 Å². The molecule has 7 N–H and O–H groups in total. The predicted octanol–water partition coefficient (Wildman–Crippen LogP) is -1.12. The van der Waals surface area contributed by atoms with Crippen LogP contribution in [0.25, 0.3) is 0 Å². The summed E-state index contributed by atoms with van der Waals surface area (Å²) in [6.07, 6.45) is -1.23. The molecule has 4 amide bonds. The van der Waals surface area contributed by atoms with Gasteiger partial charge in [0.25, 0.3) is 0 Å². The standard InChI is InChI=1S/C19H32N4O10/c1-11(2)33-10-7-15(25)21-9-8-20-14(24)5-3-12(17(28)29)22-19(32)23-13(18(30)31)4-6-16(26)27/h11-13H,3-10H2,1-2H3,(H,20,24)(H,21,25)(H,26,27)(H,28,29)(H,30,31)(H2,22,23,32)/t12-,13-/m0/s1. The van der Waals surface area contributed by atoms with Crippen molar-refractivity contribution in [3.8, 4) is 0 Å². The van der Waals surface area contributed by atoms with Crippen LogP contribution in [0.5, 0.6) is 0 Å². The van der Waals surface area contributed by atoms with E-state index in [2.05, 4.69) is 10.6 Å². The van der Waals surface area contributed by atoms with E-state index < -0.39 is 48.4 Å². The maximum atomic E-state index is 11.9. The fourth-order valence-electron chi connectivity index (χ4n) is 2.38. The van der Waals surface area contributed by atoms with Crippen molar-refractivity contribution in [1.29, 1.82) is 0 Å². The lowest BCUT2D eigenvalue weighted by molar-refractivity contribution is -0.141. The molecule has 0 saturated carbocycles. The largest absolute Gasteiger partial charge is 0.481 e. The van der Waals surface area contributed by atoms with Crippen molar-refractivity contribution < 1.29 is 48.8 Å². The van der Waals surface area contributed by atoms with Gasteiger partial charge in [-0.3, -0.25) is 14.4 Å². The van der Waals surface area contributed by atoms with E-state index in [1.54, 1.807) is 0 Å². The van der Waals surface area contributed by atoms with Crippen molar-refractivity contribution in [2.24, 2.45) is 0 Å². The van der Waals surface area contributed by atoms with Crippen LogP contribution in [0.4, 0.5) is 4.79 Å². The van der Waals surface area contributed by atoms with Gasteiger partial charge in [-0.15, -0.1) is 0 Å². The molecule has 0 aliphatic carbocycles. The number of nitrogens with one attached hydrogen (secondary N) is 4. The van der Waals surface area contributed by atoms with E-state index in [0.29, 0.717) is 0 Å². The lowest BCUT2D eigenvalue weighted by Gasteiger charge is -2.18. The van der Waals surface area contributed by atoms with E-state index >= 15 is 0 Å². The van der Waals surface area contributed by atoms with Gasteiger partial charge in [-0.25, -0.2) is 14.4 Å². The number of urea groups is 1. The molecule has 0 aromatic rings. The van der Waals surface area contributed by atoms with Crippen LogP contribution < -0.4 is 21.3 Å². The molecule has 0 spiro atoms. The van der Waals surface area contributed by atoms with Crippen molar-refractivity contribution in [2.75, 3.05) is 19.7 Å². The third-order valence-corrected chi connectivity index (χ3v) is 4.06. The molecule has 0 heterocycles. The van der Waals surface area contributed by atoms with E-state index in [1.807, 2.05) is 24.5 Å². The summed E-state index contributed by atoms with van der Waals surface area (Å²) in [7, 11) is 0. The van der Waals surface area contributed by atoms with Gasteiger partial charge in [-0.1, -0.05) is 0 Å². The first-order chi connectivity index (χ1) is 15.4. The lowest BCUT2D eigenvalue weighted by Crippen LogP contribution is -2.51. The smallest absolute Gasteiger partial charge is 0.326 e. The summed E-state index contributed by atoms with van der Waals surface area (Å²) in [5.41, 5.74) is 0. The molecule has 0 bridgehead atoms. The third kappa shape index (κ3) is 15.9. The molecule has 0 rings (SSSR count). The van der Waals surface area contributed by atoms with Crippen molar-refractivity contribution in [2.45, 2.75) is 64.1 Å². The molecule has 0 radical (unpaired) electrons. The number of carbonyl (C=O) groups is 6. The zero-order valence-corrected chi connectivity index (χ0v) is 18.6. The van der Waals surface area contributed by atoms with Crippen molar-refractivity contribution in [1.82, 2.24) is 21.3 Å². The highest BCUT2D eigenvalue weighted by Gasteiger charge is 2.25. The number of rotatable bonds is 17. The highest BCUT2D eigenvalue weighted by molar-refractivity contribution is 5.86. The summed E-state index contributed by atoms with van der Waals surface area (Å²) in [6, 6.07) is -4.12. The topological polar surface area (TPSA) is 220 Å². The van der Waals surface area contributed by atoms with E-state index in [9.17, 15) is 33.9 Å². The molecule has 0 aromatic carbocycles. The summed E-state index contributed by atoms with van der Waals surface area (Å²) < 4.78 is 5.25. The van der Waals surface area contributed by atoms with Crippen LogP contribution >= 0.6 is 0 Å². The number of hydrogen-bond donors (Lipinski definition) is 7. The first kappa shape index (κ1) is 29.6. The predicted molar refractivity (Wildman–Crippen MR) is 112 cm³/mol. The zero-order chi connectivity index (χ0) is 25.4. The van der Waals surface area contributed by atoms with E-state index in [0.717, 1.165) is 0 Å². The van der Waals surface area contributed by atoms with E-state index in [1.165, 1.54) is 0 Å². The summed E-state index contributed by atoms with van der Waals surface area (Å²) >= 11 is 0. The highest BCUT2D eigenvalue weighted by atomic mass is 16.5. The van der Waals surface area contributed by atoms with Gasteiger partial charge in [-0.2, -0.15) is 0 Å². The second-order valence-corrected chi connectivity index (χ2v) is 7.24. The van der Waals surface area contributed by atoms with Crippen LogP contribution in [0.2, 0.25) is 0 Å². The van der Waals surface area contributed by atoms with Gasteiger partial charge >= 0.3 is 23.9 Å². The van der Waals surface area contributed by atoms with Gasteiger partial charge in [0, 0.05) is 32.4 Å². The maximum Gasteiger partial charge on any atom is 0.326 e. The minimum Gasteiger partial charge on any atom is -0.481 e. The monoisotopic (exact) mass is 476 g/mol.